The molecule has 7 heteroatoms. The van der Waals surface area contributed by atoms with Crippen molar-refractivity contribution in [2.75, 3.05) is 0 Å². The van der Waals surface area contributed by atoms with Gasteiger partial charge in [0.05, 0.1) is 6.42 Å². The highest BCUT2D eigenvalue weighted by Gasteiger charge is 2.39. The topological polar surface area (TPSA) is 47.0 Å². The van der Waals surface area contributed by atoms with E-state index in [-0.39, 0.29) is 10.7 Å². The van der Waals surface area contributed by atoms with Crippen LogP contribution in [0.4, 0.5) is 13.2 Å². The third-order valence-corrected chi connectivity index (χ3v) is 1.89. The number of halogens is 4. The zero-order chi connectivity index (χ0) is 12.3. The van der Waals surface area contributed by atoms with Crippen LogP contribution in [-0.2, 0) is 4.79 Å². The summed E-state index contributed by atoms with van der Waals surface area (Å²) in [6.07, 6.45) is -5.04. The second-order valence-corrected chi connectivity index (χ2v) is 3.28. The first-order valence-electron chi connectivity index (χ1n) is 4.05. The average molecular weight is 252 g/mol. The molecule has 0 spiro atoms. The predicted molar refractivity (Wildman–Crippen MR) is 49.3 cm³/mol. The first kappa shape index (κ1) is 12.6. The fourth-order valence-corrected chi connectivity index (χ4v) is 1.10. The highest BCUT2D eigenvalue weighted by atomic mass is 35.5. The van der Waals surface area contributed by atoms with Crippen molar-refractivity contribution in [2.24, 2.45) is 0 Å². The number of ketones is 2. The number of rotatable bonds is 3. The van der Waals surface area contributed by atoms with Crippen molar-refractivity contribution < 1.29 is 22.8 Å². The van der Waals surface area contributed by atoms with E-state index in [1.54, 1.807) is 0 Å². The highest BCUT2D eigenvalue weighted by Crippen LogP contribution is 2.19. The summed E-state index contributed by atoms with van der Waals surface area (Å²) in [5, 5.41) is -0.0229. The summed E-state index contributed by atoms with van der Waals surface area (Å²) >= 11 is 5.44. The van der Waals surface area contributed by atoms with E-state index < -0.39 is 24.2 Å². The molecule has 0 radical (unpaired) electrons. The van der Waals surface area contributed by atoms with Crippen LogP contribution in [0.15, 0.2) is 18.3 Å². The summed E-state index contributed by atoms with van der Waals surface area (Å²) in [5.74, 6) is -3.02. The van der Waals surface area contributed by atoms with Gasteiger partial charge < -0.3 is 0 Å². The molecule has 1 aromatic rings. The van der Waals surface area contributed by atoms with Crippen molar-refractivity contribution in [3.63, 3.8) is 0 Å². The van der Waals surface area contributed by atoms with Crippen LogP contribution in [0, 0.1) is 0 Å². The van der Waals surface area contributed by atoms with E-state index >= 15 is 0 Å². The zero-order valence-corrected chi connectivity index (χ0v) is 8.47. The van der Waals surface area contributed by atoms with Gasteiger partial charge in [-0.3, -0.25) is 9.59 Å². The zero-order valence-electron chi connectivity index (χ0n) is 7.71. The first-order chi connectivity index (χ1) is 7.30. The van der Waals surface area contributed by atoms with E-state index in [4.69, 9.17) is 11.6 Å². The lowest BCUT2D eigenvalue weighted by Gasteiger charge is -2.04. The Hall–Kier alpha value is -1.43. The van der Waals surface area contributed by atoms with E-state index in [2.05, 4.69) is 4.98 Å². The molecular weight excluding hydrogens is 247 g/mol. The average Bonchev–Trinajstić information content (AvgIpc) is 2.16. The van der Waals surface area contributed by atoms with Crippen LogP contribution >= 0.6 is 11.6 Å². The second-order valence-electron chi connectivity index (χ2n) is 2.89. The van der Waals surface area contributed by atoms with Crippen molar-refractivity contribution >= 4 is 23.2 Å². The summed E-state index contributed by atoms with van der Waals surface area (Å²) < 4.78 is 35.6. The van der Waals surface area contributed by atoms with Gasteiger partial charge in [-0.25, -0.2) is 4.98 Å². The van der Waals surface area contributed by atoms with Gasteiger partial charge in [0.1, 0.15) is 5.15 Å². The van der Waals surface area contributed by atoms with Crippen LogP contribution in [0.5, 0.6) is 0 Å². The lowest BCUT2D eigenvalue weighted by molar-refractivity contribution is -0.170. The minimum Gasteiger partial charge on any atom is -0.294 e. The maximum atomic E-state index is 11.9. The van der Waals surface area contributed by atoms with Crippen LogP contribution in [0.2, 0.25) is 5.15 Å². The number of nitrogens with zero attached hydrogens (tertiary/aromatic N) is 1. The lowest BCUT2D eigenvalue weighted by Crippen LogP contribution is -2.25. The Morgan fingerprint density at radius 1 is 1.38 bits per heavy atom. The molecular formula is C9H5ClF3NO2. The van der Waals surface area contributed by atoms with Gasteiger partial charge in [-0.15, -0.1) is 0 Å². The number of aromatic nitrogens is 1. The number of carbonyl (C=O) groups excluding carboxylic acids is 2. The molecule has 0 N–H and O–H groups in total. The maximum absolute atomic E-state index is 11.9. The summed E-state index contributed by atoms with van der Waals surface area (Å²) in [4.78, 5) is 25.3. The third kappa shape index (κ3) is 3.30. The molecule has 0 aliphatic heterocycles. The Morgan fingerprint density at radius 3 is 2.50 bits per heavy atom. The van der Waals surface area contributed by atoms with E-state index in [1.165, 1.54) is 12.3 Å². The van der Waals surface area contributed by atoms with Crippen LogP contribution < -0.4 is 0 Å². The van der Waals surface area contributed by atoms with E-state index in [0.717, 1.165) is 6.07 Å². The minimum absolute atomic E-state index is 0.0229. The quantitative estimate of drug-likeness (QED) is 0.471. The fraction of sp³-hybridized carbons (Fsp3) is 0.222. The van der Waals surface area contributed by atoms with Crippen LogP contribution in [0.25, 0.3) is 0 Å². The molecule has 0 bridgehead atoms. The van der Waals surface area contributed by atoms with Gasteiger partial charge >= 0.3 is 6.18 Å². The van der Waals surface area contributed by atoms with E-state index in [0.29, 0.717) is 0 Å². The van der Waals surface area contributed by atoms with E-state index in [1.807, 2.05) is 0 Å². The maximum Gasteiger partial charge on any atom is 0.450 e. The summed E-state index contributed by atoms with van der Waals surface area (Å²) in [6.45, 7) is 0. The smallest absolute Gasteiger partial charge is 0.294 e. The predicted octanol–water partition coefficient (Wildman–Crippen LogP) is 2.44. The van der Waals surface area contributed by atoms with Crippen LogP contribution in [0.1, 0.15) is 16.8 Å². The lowest BCUT2D eigenvalue weighted by atomic mass is 10.1. The molecule has 1 rings (SSSR count). The second kappa shape index (κ2) is 4.61. The Kier molecular flexibility index (Phi) is 3.64. The van der Waals surface area contributed by atoms with Gasteiger partial charge in [0.2, 0.25) is 5.78 Å². The molecule has 0 aliphatic rings. The largest absolute Gasteiger partial charge is 0.450 e. The molecule has 86 valence electrons. The molecule has 16 heavy (non-hydrogen) atoms. The van der Waals surface area contributed by atoms with Crippen molar-refractivity contribution in [1.29, 1.82) is 0 Å². The number of Topliss-reactive ketones (excluding diaryl/α,β-unsaturated/α-hetero) is 2. The molecule has 1 heterocycles. The molecule has 0 aromatic carbocycles. The van der Waals surface area contributed by atoms with Gasteiger partial charge in [0.15, 0.2) is 5.78 Å². The molecule has 0 saturated carbocycles. The Labute approximate surface area is 93.2 Å². The number of hydrogen-bond donors (Lipinski definition) is 0. The Morgan fingerprint density at radius 2 is 2.00 bits per heavy atom. The van der Waals surface area contributed by atoms with E-state index in [9.17, 15) is 22.8 Å². The molecule has 0 fully saturated rings. The van der Waals surface area contributed by atoms with Crippen molar-refractivity contribution in [3.05, 3.63) is 29.0 Å². The normalized spacial score (nSPS) is 11.2. The van der Waals surface area contributed by atoms with Crippen molar-refractivity contribution in [1.82, 2.24) is 4.98 Å². The molecule has 3 nitrogen and oxygen atoms in total. The van der Waals surface area contributed by atoms with Crippen molar-refractivity contribution in [2.45, 2.75) is 12.6 Å². The Bertz CT molecular complexity index is 431. The summed E-state index contributed by atoms with van der Waals surface area (Å²) in [7, 11) is 0. The number of carbonyl (C=O) groups is 2. The molecule has 0 atom stereocenters. The van der Waals surface area contributed by atoms with Gasteiger partial charge in [-0.05, 0) is 12.1 Å². The summed E-state index contributed by atoms with van der Waals surface area (Å²) in [5.41, 5.74) is -0.0717. The SMILES string of the molecule is O=C(CC(=O)C(F)(F)F)c1ccnc(Cl)c1. The van der Waals surface area contributed by atoms with Gasteiger partial charge in [0.25, 0.3) is 0 Å². The highest BCUT2D eigenvalue weighted by molar-refractivity contribution is 6.29. The number of alkyl halides is 3. The van der Waals surface area contributed by atoms with Gasteiger partial charge in [0, 0.05) is 11.8 Å². The van der Waals surface area contributed by atoms with Crippen molar-refractivity contribution in [3.8, 4) is 0 Å². The first-order valence-corrected chi connectivity index (χ1v) is 4.43. The van der Waals surface area contributed by atoms with Crippen LogP contribution in [-0.4, -0.2) is 22.7 Å². The summed E-state index contributed by atoms with van der Waals surface area (Å²) in [6, 6.07) is 2.30. The molecule has 0 aliphatic carbocycles. The number of pyridine rings is 1. The standard InChI is InChI=1S/C9H5ClF3NO2/c10-8-3-5(1-2-14-8)6(15)4-7(16)9(11,12)13/h1-3H,4H2. The van der Waals surface area contributed by atoms with Gasteiger partial charge in [-0.1, -0.05) is 11.6 Å². The molecule has 0 amide bonds. The third-order valence-electron chi connectivity index (χ3n) is 1.69. The van der Waals surface area contributed by atoms with Crippen LogP contribution in [0.3, 0.4) is 0 Å². The molecule has 0 unspecified atom stereocenters. The Balaban J connectivity index is 2.78. The fourth-order valence-electron chi connectivity index (χ4n) is 0.924. The van der Waals surface area contributed by atoms with Gasteiger partial charge in [-0.2, -0.15) is 13.2 Å². The molecule has 1 aromatic heterocycles. The number of hydrogen-bond acceptors (Lipinski definition) is 3. The monoisotopic (exact) mass is 251 g/mol. The minimum atomic E-state index is -4.99. The molecule has 0 saturated heterocycles.